The van der Waals surface area contributed by atoms with Crippen LogP contribution in [0.5, 0.6) is 0 Å². The molecule has 1 aliphatic rings. The van der Waals surface area contributed by atoms with Crippen LogP contribution < -0.4 is 0 Å². The first-order valence-corrected chi connectivity index (χ1v) is 3.15. The Morgan fingerprint density at radius 1 is 1.50 bits per heavy atom. The Morgan fingerprint density at radius 3 is 3.40 bits per heavy atom. The van der Waals surface area contributed by atoms with Gasteiger partial charge < -0.3 is 4.42 Å². The van der Waals surface area contributed by atoms with Crippen molar-refractivity contribution in [3.63, 3.8) is 0 Å². The quantitative estimate of drug-likeness (QED) is 0.540. The van der Waals surface area contributed by atoms with Gasteiger partial charge in [-0.15, -0.1) is 0 Å². The SMILES string of the molecule is C1=NCc2c1c1ncc2o1. The molecule has 1 aliphatic heterocycles. The number of aliphatic imine (C=N–C) groups is 1. The molecule has 0 N–H and O–H groups in total. The molecule has 0 unspecified atom stereocenters. The lowest BCUT2D eigenvalue weighted by Crippen LogP contribution is -1.80. The molecule has 3 rings (SSSR count). The second kappa shape index (κ2) is 1.21. The van der Waals surface area contributed by atoms with Crippen LogP contribution in [-0.4, -0.2) is 11.2 Å². The van der Waals surface area contributed by atoms with Crippen molar-refractivity contribution < 1.29 is 4.42 Å². The predicted molar refractivity (Wildman–Crippen MR) is 36.5 cm³/mol. The topological polar surface area (TPSA) is 38.4 Å². The molecule has 2 bridgehead atoms. The molecule has 0 spiro atoms. The molecular weight excluding hydrogens is 128 g/mol. The van der Waals surface area contributed by atoms with Crippen LogP contribution in [0, 0.1) is 0 Å². The summed E-state index contributed by atoms with van der Waals surface area (Å²) in [6.45, 7) is 0.764. The van der Waals surface area contributed by atoms with Gasteiger partial charge >= 0.3 is 0 Å². The highest BCUT2D eigenvalue weighted by atomic mass is 16.3. The van der Waals surface area contributed by atoms with Crippen LogP contribution in [0.15, 0.2) is 15.6 Å². The Morgan fingerprint density at radius 2 is 2.50 bits per heavy atom. The third kappa shape index (κ3) is 0.319. The molecule has 3 nitrogen and oxygen atoms in total. The first-order valence-electron chi connectivity index (χ1n) is 3.15. The lowest BCUT2D eigenvalue weighted by atomic mass is 10.2. The van der Waals surface area contributed by atoms with E-state index < -0.39 is 0 Å². The number of furan rings is 1. The van der Waals surface area contributed by atoms with Gasteiger partial charge in [-0.25, -0.2) is 4.98 Å². The van der Waals surface area contributed by atoms with Gasteiger partial charge in [0, 0.05) is 11.8 Å². The van der Waals surface area contributed by atoms with Gasteiger partial charge in [0.25, 0.3) is 0 Å². The fourth-order valence-corrected chi connectivity index (χ4v) is 1.32. The molecule has 48 valence electrons. The van der Waals surface area contributed by atoms with E-state index in [1.165, 1.54) is 5.56 Å². The van der Waals surface area contributed by atoms with Gasteiger partial charge in [0.05, 0.1) is 18.3 Å². The maximum atomic E-state index is 5.29. The summed E-state index contributed by atoms with van der Waals surface area (Å²) in [4.78, 5) is 8.14. The van der Waals surface area contributed by atoms with Crippen LogP contribution in [0.2, 0.25) is 0 Å². The van der Waals surface area contributed by atoms with E-state index in [0.29, 0.717) is 0 Å². The number of rotatable bonds is 0. The van der Waals surface area contributed by atoms with E-state index in [0.717, 1.165) is 23.4 Å². The minimum atomic E-state index is 0.728. The smallest absolute Gasteiger partial charge is 0.228 e. The fraction of sp³-hybridized carbons (Fsp3) is 0.143. The summed E-state index contributed by atoms with van der Waals surface area (Å²) in [5, 5.41) is 0. The summed E-state index contributed by atoms with van der Waals surface area (Å²) in [5.41, 5.74) is 3.90. The highest BCUT2D eigenvalue weighted by molar-refractivity contribution is 5.95. The highest BCUT2D eigenvalue weighted by Gasteiger charge is 2.18. The van der Waals surface area contributed by atoms with Crippen molar-refractivity contribution in [2.45, 2.75) is 6.54 Å². The summed E-state index contributed by atoms with van der Waals surface area (Å²) in [6.07, 6.45) is 3.58. The van der Waals surface area contributed by atoms with Crippen molar-refractivity contribution >= 4 is 17.5 Å². The van der Waals surface area contributed by atoms with Gasteiger partial charge in [-0.3, -0.25) is 4.99 Å². The summed E-state index contributed by atoms with van der Waals surface area (Å²) in [7, 11) is 0. The van der Waals surface area contributed by atoms with E-state index in [1.54, 1.807) is 6.20 Å². The third-order valence-electron chi connectivity index (χ3n) is 1.83. The molecule has 0 saturated heterocycles. The summed E-state index contributed by atoms with van der Waals surface area (Å²) >= 11 is 0. The molecule has 0 aromatic carbocycles. The zero-order valence-corrected chi connectivity index (χ0v) is 5.16. The average Bonchev–Trinajstić information content (AvgIpc) is 2.60. The standard InChI is InChI=1S/C7H4N2O/c1-4-5(2-8-1)7-9-3-6(4)10-7/h2-3H,1H2. The Kier molecular flexibility index (Phi) is 0.537. The summed E-state index contributed by atoms with van der Waals surface area (Å²) in [6, 6.07) is 0. The van der Waals surface area contributed by atoms with Gasteiger partial charge in [-0.1, -0.05) is 0 Å². The Balaban J connectivity index is 2.59. The van der Waals surface area contributed by atoms with Crippen molar-refractivity contribution in [3.8, 4) is 0 Å². The predicted octanol–water partition coefficient (Wildman–Crippen LogP) is 1.20. The highest BCUT2D eigenvalue weighted by Crippen LogP contribution is 2.28. The van der Waals surface area contributed by atoms with Crippen LogP contribution >= 0.6 is 0 Å². The molecule has 0 radical (unpaired) electrons. The Labute approximate surface area is 56.7 Å². The van der Waals surface area contributed by atoms with E-state index in [1.807, 2.05) is 6.21 Å². The zero-order valence-electron chi connectivity index (χ0n) is 5.16. The van der Waals surface area contributed by atoms with Crippen molar-refractivity contribution in [3.05, 3.63) is 17.3 Å². The van der Waals surface area contributed by atoms with E-state index in [4.69, 9.17) is 4.42 Å². The number of oxazole rings is 1. The largest absolute Gasteiger partial charge is 0.436 e. The molecule has 0 saturated carbocycles. The van der Waals surface area contributed by atoms with E-state index in [-0.39, 0.29) is 0 Å². The number of aromatic nitrogens is 1. The molecule has 10 heavy (non-hydrogen) atoms. The average molecular weight is 132 g/mol. The number of nitrogens with zero attached hydrogens (tertiary/aromatic N) is 2. The van der Waals surface area contributed by atoms with E-state index in [9.17, 15) is 0 Å². The monoisotopic (exact) mass is 132 g/mol. The molecule has 0 aliphatic carbocycles. The molecule has 3 heteroatoms. The van der Waals surface area contributed by atoms with Crippen LogP contribution in [0.1, 0.15) is 11.1 Å². The molecule has 2 aromatic heterocycles. The summed E-state index contributed by atoms with van der Waals surface area (Å²) < 4.78 is 5.29. The van der Waals surface area contributed by atoms with Gasteiger partial charge in [-0.05, 0) is 0 Å². The minimum absolute atomic E-state index is 0.728. The number of fused-ring (bicyclic) bond motifs is 5. The van der Waals surface area contributed by atoms with Crippen molar-refractivity contribution in [2.75, 3.05) is 0 Å². The first kappa shape index (κ1) is 4.44. The van der Waals surface area contributed by atoms with Crippen molar-refractivity contribution in [1.82, 2.24) is 4.98 Å². The molecule has 2 aromatic rings. The maximum absolute atomic E-state index is 5.29. The van der Waals surface area contributed by atoms with Gasteiger partial charge in [0.1, 0.15) is 0 Å². The third-order valence-corrected chi connectivity index (χ3v) is 1.83. The molecular formula is C7H4N2O. The van der Waals surface area contributed by atoms with Crippen molar-refractivity contribution in [1.29, 1.82) is 0 Å². The number of pyridine rings is 1. The molecule has 3 heterocycles. The second-order valence-electron chi connectivity index (χ2n) is 2.39. The van der Waals surface area contributed by atoms with Crippen LogP contribution in [0.3, 0.4) is 0 Å². The molecule has 0 amide bonds. The van der Waals surface area contributed by atoms with Crippen LogP contribution in [0.25, 0.3) is 11.3 Å². The lowest BCUT2D eigenvalue weighted by Gasteiger charge is -1.83. The van der Waals surface area contributed by atoms with Crippen LogP contribution in [0.4, 0.5) is 0 Å². The zero-order chi connectivity index (χ0) is 6.55. The van der Waals surface area contributed by atoms with Gasteiger partial charge in [-0.2, -0.15) is 0 Å². The summed E-state index contributed by atoms with van der Waals surface area (Å²) in [5.74, 6) is 0. The van der Waals surface area contributed by atoms with Crippen molar-refractivity contribution in [2.24, 2.45) is 4.99 Å². The first-order chi connectivity index (χ1) is 4.95. The van der Waals surface area contributed by atoms with Crippen LogP contribution in [-0.2, 0) is 6.54 Å². The van der Waals surface area contributed by atoms with Gasteiger partial charge in [0.2, 0.25) is 5.71 Å². The minimum Gasteiger partial charge on any atom is -0.436 e. The second-order valence-corrected chi connectivity index (χ2v) is 2.39. The van der Waals surface area contributed by atoms with E-state index in [2.05, 4.69) is 9.98 Å². The maximum Gasteiger partial charge on any atom is 0.228 e. The Hall–Kier alpha value is -1.38. The van der Waals surface area contributed by atoms with E-state index >= 15 is 0 Å². The molecule has 0 fully saturated rings. The fourth-order valence-electron chi connectivity index (χ4n) is 1.32. The Bertz CT molecular complexity index is 402. The number of hydrogen-bond acceptors (Lipinski definition) is 3. The lowest BCUT2D eigenvalue weighted by molar-refractivity contribution is 0.665. The number of hydrogen-bond donors (Lipinski definition) is 0. The normalized spacial score (nSPS) is 15.2. The molecule has 0 atom stereocenters. The van der Waals surface area contributed by atoms with Gasteiger partial charge in [0.15, 0.2) is 5.58 Å².